The van der Waals surface area contributed by atoms with Crippen LogP contribution < -0.4 is 10.3 Å². The molecule has 0 bridgehead atoms. The second-order valence-electron chi connectivity index (χ2n) is 4.74. The second kappa shape index (κ2) is 6.15. The first-order chi connectivity index (χ1) is 11.1. The van der Waals surface area contributed by atoms with E-state index in [0.717, 1.165) is 5.56 Å². The maximum atomic E-state index is 11.8. The van der Waals surface area contributed by atoms with E-state index < -0.39 is 5.97 Å². The number of carboxylic acids is 1. The summed E-state index contributed by atoms with van der Waals surface area (Å²) < 4.78 is 5.48. The summed E-state index contributed by atoms with van der Waals surface area (Å²) in [5, 5.41) is 8.98. The number of aromatic amines is 1. The Hall–Kier alpha value is -3.41. The van der Waals surface area contributed by atoms with Crippen LogP contribution in [-0.2, 0) is 0 Å². The molecule has 1 heterocycles. The van der Waals surface area contributed by atoms with Gasteiger partial charge in [0, 0.05) is 11.6 Å². The van der Waals surface area contributed by atoms with E-state index in [1.165, 1.54) is 18.2 Å². The summed E-state index contributed by atoms with van der Waals surface area (Å²) in [6.45, 7) is 0. The predicted octanol–water partition coefficient (Wildman–Crippen LogP) is 2.93. The molecule has 0 saturated carbocycles. The molecule has 0 atom stereocenters. The largest absolute Gasteiger partial charge is 0.478 e. The Balaban J connectivity index is 1.95. The van der Waals surface area contributed by atoms with Gasteiger partial charge in [0.1, 0.15) is 5.75 Å². The molecule has 23 heavy (non-hydrogen) atoms. The smallest absolute Gasteiger partial charge is 0.335 e. The highest BCUT2D eigenvalue weighted by atomic mass is 16.5. The van der Waals surface area contributed by atoms with Gasteiger partial charge in [0.15, 0.2) is 0 Å². The molecule has 0 aliphatic rings. The summed E-state index contributed by atoms with van der Waals surface area (Å²) in [6.07, 6.45) is 0. The zero-order valence-electron chi connectivity index (χ0n) is 11.9. The van der Waals surface area contributed by atoms with Gasteiger partial charge in [0.2, 0.25) is 0 Å². The summed E-state index contributed by atoms with van der Waals surface area (Å²) in [5.41, 5.74) is 0.980. The van der Waals surface area contributed by atoms with Crippen LogP contribution in [0.2, 0.25) is 0 Å². The lowest BCUT2D eigenvalue weighted by Crippen LogP contribution is -2.08. The molecule has 2 aromatic carbocycles. The zero-order chi connectivity index (χ0) is 16.2. The van der Waals surface area contributed by atoms with Crippen LogP contribution in [0, 0.1) is 0 Å². The minimum atomic E-state index is -1.06. The number of carboxylic acid groups (broad SMARTS) is 1. The van der Waals surface area contributed by atoms with E-state index in [0.29, 0.717) is 5.69 Å². The maximum Gasteiger partial charge on any atom is 0.335 e. The number of benzene rings is 2. The molecule has 3 aromatic rings. The van der Waals surface area contributed by atoms with Gasteiger partial charge in [0.25, 0.3) is 5.56 Å². The number of carbonyl (C=O) groups is 1. The fraction of sp³-hybridized carbons (Fsp3) is 0. The number of nitrogens with one attached hydrogen (secondary N) is 1. The quantitative estimate of drug-likeness (QED) is 0.773. The number of hydrogen-bond donors (Lipinski definition) is 2. The number of ether oxygens (including phenoxy) is 1. The van der Waals surface area contributed by atoms with E-state index in [2.05, 4.69) is 9.97 Å². The molecule has 6 heteroatoms. The van der Waals surface area contributed by atoms with Crippen molar-refractivity contribution in [3.05, 3.63) is 76.6 Å². The van der Waals surface area contributed by atoms with Crippen LogP contribution in [0.1, 0.15) is 10.4 Å². The third-order valence-corrected chi connectivity index (χ3v) is 3.09. The van der Waals surface area contributed by atoms with E-state index in [4.69, 9.17) is 9.84 Å². The van der Waals surface area contributed by atoms with Crippen molar-refractivity contribution >= 4 is 5.97 Å². The Morgan fingerprint density at radius 1 is 1.04 bits per heavy atom. The van der Waals surface area contributed by atoms with Gasteiger partial charge in [-0.15, -0.1) is 0 Å². The topological polar surface area (TPSA) is 92.3 Å². The van der Waals surface area contributed by atoms with Crippen molar-refractivity contribution in [1.29, 1.82) is 0 Å². The average Bonchev–Trinajstić information content (AvgIpc) is 2.55. The molecule has 2 N–H and O–H groups in total. The van der Waals surface area contributed by atoms with Crippen LogP contribution in [0.3, 0.4) is 0 Å². The van der Waals surface area contributed by atoms with Crippen molar-refractivity contribution in [3.8, 4) is 23.0 Å². The lowest BCUT2D eigenvalue weighted by molar-refractivity contribution is 0.0696. The number of nitrogens with zero attached hydrogens (tertiary/aromatic N) is 1. The number of hydrogen-bond acceptors (Lipinski definition) is 4. The molecule has 3 rings (SSSR count). The first-order valence-electron chi connectivity index (χ1n) is 6.80. The summed E-state index contributed by atoms with van der Waals surface area (Å²) in [4.78, 5) is 29.5. The second-order valence-corrected chi connectivity index (χ2v) is 4.74. The van der Waals surface area contributed by atoms with E-state index in [9.17, 15) is 9.59 Å². The van der Waals surface area contributed by atoms with E-state index >= 15 is 0 Å². The van der Waals surface area contributed by atoms with Crippen LogP contribution in [0.15, 0.2) is 65.5 Å². The monoisotopic (exact) mass is 308 g/mol. The molecule has 0 fully saturated rings. The predicted molar refractivity (Wildman–Crippen MR) is 83.8 cm³/mol. The molecule has 1 aromatic heterocycles. The normalized spacial score (nSPS) is 10.3. The Morgan fingerprint density at radius 2 is 1.83 bits per heavy atom. The van der Waals surface area contributed by atoms with Gasteiger partial charge >= 0.3 is 12.0 Å². The molecule has 0 aliphatic carbocycles. The Morgan fingerprint density at radius 3 is 2.57 bits per heavy atom. The SMILES string of the molecule is O=C(O)c1cccc(Oc2nc(-c3ccccc3)cc(=O)[nH]2)c1. The summed E-state index contributed by atoms with van der Waals surface area (Å²) in [6, 6.07) is 16.5. The van der Waals surface area contributed by atoms with Crippen molar-refractivity contribution in [2.75, 3.05) is 0 Å². The first kappa shape index (κ1) is 14.5. The molecule has 0 saturated heterocycles. The molecular weight excluding hydrogens is 296 g/mol. The minimum Gasteiger partial charge on any atom is -0.478 e. The number of rotatable bonds is 4. The van der Waals surface area contributed by atoms with Gasteiger partial charge in [-0.1, -0.05) is 36.4 Å². The first-order valence-corrected chi connectivity index (χ1v) is 6.80. The van der Waals surface area contributed by atoms with Crippen LogP contribution in [0.5, 0.6) is 11.8 Å². The Bertz CT molecular complexity index is 904. The molecule has 114 valence electrons. The standard InChI is InChI=1S/C17H12N2O4/c20-15-10-14(11-5-2-1-3-6-11)18-17(19-15)23-13-8-4-7-12(9-13)16(21)22/h1-10H,(H,21,22)(H,18,19,20). The highest BCUT2D eigenvalue weighted by molar-refractivity contribution is 5.88. The van der Waals surface area contributed by atoms with Gasteiger partial charge < -0.3 is 9.84 Å². The van der Waals surface area contributed by atoms with Gasteiger partial charge in [-0.2, -0.15) is 4.98 Å². The molecule has 0 amide bonds. The third-order valence-electron chi connectivity index (χ3n) is 3.09. The van der Waals surface area contributed by atoms with Crippen LogP contribution in [0.4, 0.5) is 0 Å². The lowest BCUT2D eigenvalue weighted by Gasteiger charge is -2.07. The van der Waals surface area contributed by atoms with E-state index in [1.807, 2.05) is 30.3 Å². The fourth-order valence-electron chi connectivity index (χ4n) is 2.04. The molecule has 0 radical (unpaired) electrons. The molecule has 0 aliphatic heterocycles. The van der Waals surface area contributed by atoms with Gasteiger partial charge in [-0.05, 0) is 18.2 Å². The van der Waals surface area contributed by atoms with E-state index in [1.54, 1.807) is 12.1 Å². The number of aromatic nitrogens is 2. The van der Waals surface area contributed by atoms with Gasteiger partial charge in [-0.25, -0.2) is 4.79 Å². The molecule has 6 nitrogen and oxygen atoms in total. The maximum absolute atomic E-state index is 11.8. The fourth-order valence-corrected chi connectivity index (χ4v) is 2.04. The molecular formula is C17H12N2O4. The van der Waals surface area contributed by atoms with Crippen molar-refractivity contribution < 1.29 is 14.6 Å². The van der Waals surface area contributed by atoms with Gasteiger partial charge in [-0.3, -0.25) is 9.78 Å². The minimum absolute atomic E-state index is 0.00103. The van der Waals surface area contributed by atoms with Crippen LogP contribution >= 0.6 is 0 Å². The lowest BCUT2D eigenvalue weighted by atomic mass is 10.1. The van der Waals surface area contributed by atoms with Crippen molar-refractivity contribution in [2.45, 2.75) is 0 Å². The highest BCUT2D eigenvalue weighted by Gasteiger charge is 2.08. The number of H-pyrrole nitrogens is 1. The zero-order valence-corrected chi connectivity index (χ0v) is 11.9. The van der Waals surface area contributed by atoms with Crippen molar-refractivity contribution in [3.63, 3.8) is 0 Å². The van der Waals surface area contributed by atoms with Crippen molar-refractivity contribution in [1.82, 2.24) is 9.97 Å². The Kier molecular flexibility index (Phi) is 3.88. The summed E-state index contributed by atoms with van der Waals surface area (Å²) in [5.74, 6) is -0.784. The van der Waals surface area contributed by atoms with Crippen molar-refractivity contribution in [2.24, 2.45) is 0 Å². The summed E-state index contributed by atoms with van der Waals surface area (Å²) in [7, 11) is 0. The summed E-state index contributed by atoms with van der Waals surface area (Å²) >= 11 is 0. The Labute approximate surface area is 131 Å². The van der Waals surface area contributed by atoms with E-state index in [-0.39, 0.29) is 22.9 Å². The number of aromatic carboxylic acids is 1. The molecule has 0 spiro atoms. The van der Waals surface area contributed by atoms with Crippen LogP contribution in [0.25, 0.3) is 11.3 Å². The average molecular weight is 308 g/mol. The van der Waals surface area contributed by atoms with Gasteiger partial charge in [0.05, 0.1) is 11.3 Å². The highest BCUT2D eigenvalue weighted by Crippen LogP contribution is 2.21. The third kappa shape index (κ3) is 3.44. The van der Waals surface area contributed by atoms with Crippen LogP contribution in [-0.4, -0.2) is 21.0 Å². The molecule has 0 unspecified atom stereocenters.